The van der Waals surface area contributed by atoms with Gasteiger partial charge in [-0.05, 0) is 101 Å². The maximum atomic E-state index is 14.9. The molecule has 0 N–H and O–H groups in total. The summed E-state index contributed by atoms with van der Waals surface area (Å²) in [6, 6.07) is 4.24. The standard InChI is InChI=1S/C22H32FN.C14H21N.C2H2/c1-8-17(4)13-20(19-11-9-10-12-19)14-21(22(6,7)23)18(5)24-15-16(2)3;1-5-7-13(8-6-2)14-11(3)9-10-12(4)15-14;1-2/h9,11-14,17H,2,8,10,15H2,1,3-7H3;7,9-10H,5-6,8H2,1-4H3;1-2H/b20-13+,21-14+,24-18?;13-7+;. The van der Waals surface area contributed by atoms with Gasteiger partial charge < -0.3 is 0 Å². The number of aryl methyl sites for hydroxylation is 2. The Kier molecular flexibility index (Phi) is 18.2. The molecule has 1 unspecified atom stereocenters. The minimum absolute atomic E-state index is 0.447. The van der Waals surface area contributed by atoms with Crippen molar-refractivity contribution in [2.45, 2.75) is 107 Å². The second-order valence-corrected chi connectivity index (χ2v) is 11.2. The highest BCUT2D eigenvalue weighted by molar-refractivity contribution is 6.00. The van der Waals surface area contributed by atoms with Crippen LogP contribution in [0.15, 0.2) is 82.5 Å². The van der Waals surface area contributed by atoms with Gasteiger partial charge >= 0.3 is 0 Å². The zero-order valence-corrected chi connectivity index (χ0v) is 27.6. The molecule has 1 aliphatic rings. The van der Waals surface area contributed by atoms with Crippen molar-refractivity contribution in [3.05, 3.63) is 94.4 Å². The molecule has 0 aliphatic heterocycles. The van der Waals surface area contributed by atoms with Crippen molar-refractivity contribution in [2.24, 2.45) is 10.9 Å². The van der Waals surface area contributed by atoms with Crippen LogP contribution in [0.25, 0.3) is 5.57 Å². The molecule has 1 aromatic rings. The normalized spacial score (nSPS) is 14.9. The van der Waals surface area contributed by atoms with Gasteiger partial charge in [0.25, 0.3) is 0 Å². The van der Waals surface area contributed by atoms with Crippen molar-refractivity contribution in [3.8, 4) is 12.8 Å². The molecule has 0 fully saturated rings. The second-order valence-electron chi connectivity index (χ2n) is 11.2. The zero-order valence-electron chi connectivity index (χ0n) is 27.6. The van der Waals surface area contributed by atoms with E-state index < -0.39 is 5.67 Å². The van der Waals surface area contributed by atoms with Crippen LogP contribution in [0, 0.1) is 32.6 Å². The minimum atomic E-state index is -1.44. The fourth-order valence-electron chi connectivity index (χ4n) is 4.31. The number of nitrogens with zero attached hydrogens (tertiary/aromatic N) is 2. The van der Waals surface area contributed by atoms with Crippen LogP contribution in [0.4, 0.5) is 4.39 Å². The predicted octanol–water partition coefficient (Wildman–Crippen LogP) is 11.1. The molecule has 0 saturated carbocycles. The maximum Gasteiger partial charge on any atom is 0.132 e. The van der Waals surface area contributed by atoms with Gasteiger partial charge in [0.15, 0.2) is 0 Å². The number of rotatable bonds is 12. The van der Waals surface area contributed by atoms with E-state index in [9.17, 15) is 4.39 Å². The first-order valence-corrected chi connectivity index (χ1v) is 15.0. The first kappa shape index (κ1) is 37.8. The van der Waals surface area contributed by atoms with Crippen molar-refractivity contribution in [3.63, 3.8) is 0 Å². The summed E-state index contributed by atoms with van der Waals surface area (Å²) in [6.07, 6.45) is 26.4. The summed E-state index contributed by atoms with van der Waals surface area (Å²) in [5.41, 5.74) is 8.15. The van der Waals surface area contributed by atoms with E-state index in [0.29, 0.717) is 18.0 Å². The summed E-state index contributed by atoms with van der Waals surface area (Å²) in [6.45, 7) is 24.4. The Balaban J connectivity index is 0.000000806. The SMILES string of the molecule is C#C.C=C(C)CN=C(C)/C(=C\C(=C/C(C)CC)C1=CCC=C1)C(C)(C)F.CC/C=C(\CCC)c1nc(C)ccc1C. The minimum Gasteiger partial charge on any atom is -0.285 e. The number of hydrogen-bond donors (Lipinski definition) is 0. The fraction of sp³-hybridized carbons (Fsp3) is 0.474. The van der Waals surface area contributed by atoms with Gasteiger partial charge in [-0.3, -0.25) is 9.98 Å². The zero-order chi connectivity index (χ0) is 31.6. The quantitative estimate of drug-likeness (QED) is 0.108. The molecule has 0 saturated heterocycles. The van der Waals surface area contributed by atoms with Crippen LogP contribution < -0.4 is 0 Å². The third kappa shape index (κ3) is 14.3. The topological polar surface area (TPSA) is 25.2 Å². The predicted molar refractivity (Wildman–Crippen MR) is 182 cm³/mol. The van der Waals surface area contributed by atoms with Crippen molar-refractivity contribution in [2.75, 3.05) is 6.54 Å². The van der Waals surface area contributed by atoms with Crippen molar-refractivity contribution in [1.29, 1.82) is 0 Å². The van der Waals surface area contributed by atoms with E-state index in [1.165, 1.54) is 28.8 Å². The smallest absolute Gasteiger partial charge is 0.132 e. The summed E-state index contributed by atoms with van der Waals surface area (Å²) in [7, 11) is 0. The number of alkyl halides is 1. The summed E-state index contributed by atoms with van der Waals surface area (Å²) in [5.74, 6) is 0.447. The fourth-order valence-corrected chi connectivity index (χ4v) is 4.31. The largest absolute Gasteiger partial charge is 0.285 e. The molecule has 0 amide bonds. The van der Waals surface area contributed by atoms with Gasteiger partial charge in [0.05, 0.1) is 12.2 Å². The lowest BCUT2D eigenvalue weighted by molar-refractivity contribution is 0.277. The van der Waals surface area contributed by atoms with Gasteiger partial charge in [0.2, 0.25) is 0 Å². The number of hydrogen-bond acceptors (Lipinski definition) is 2. The lowest BCUT2D eigenvalue weighted by Crippen LogP contribution is -2.22. The van der Waals surface area contributed by atoms with Crippen LogP contribution in [-0.2, 0) is 0 Å². The highest BCUT2D eigenvalue weighted by atomic mass is 19.1. The van der Waals surface area contributed by atoms with Gasteiger partial charge in [0.1, 0.15) is 5.67 Å². The van der Waals surface area contributed by atoms with Crippen molar-refractivity contribution < 1.29 is 4.39 Å². The Hall–Kier alpha value is -3.25. The van der Waals surface area contributed by atoms with Gasteiger partial charge in [-0.2, -0.15) is 0 Å². The number of allylic oxidation sites excluding steroid dienone is 10. The monoisotopic (exact) mass is 558 g/mol. The van der Waals surface area contributed by atoms with Gasteiger partial charge in [0, 0.05) is 17.0 Å². The Morgan fingerprint density at radius 2 is 1.83 bits per heavy atom. The molecule has 2 nitrogen and oxygen atoms in total. The molecule has 0 radical (unpaired) electrons. The van der Waals surface area contributed by atoms with Crippen LogP contribution in [0.3, 0.4) is 0 Å². The highest BCUT2D eigenvalue weighted by Crippen LogP contribution is 2.29. The molecule has 0 aromatic carbocycles. The summed E-state index contributed by atoms with van der Waals surface area (Å²) >= 11 is 0. The summed E-state index contributed by atoms with van der Waals surface area (Å²) < 4.78 is 14.9. The van der Waals surface area contributed by atoms with E-state index in [1.54, 1.807) is 13.8 Å². The summed E-state index contributed by atoms with van der Waals surface area (Å²) in [4.78, 5) is 9.16. The molecular weight excluding hydrogens is 503 g/mol. The van der Waals surface area contributed by atoms with Gasteiger partial charge in [-0.25, -0.2) is 4.39 Å². The first-order chi connectivity index (χ1) is 19.3. The lowest BCUT2D eigenvalue weighted by atomic mass is 9.90. The number of aliphatic imine (C=N–C) groups is 1. The van der Waals surface area contributed by atoms with Gasteiger partial charge in [-0.1, -0.05) is 89.1 Å². The van der Waals surface area contributed by atoms with E-state index in [0.717, 1.165) is 48.2 Å². The molecule has 1 atom stereocenters. The van der Waals surface area contributed by atoms with E-state index in [1.807, 2.05) is 19.9 Å². The molecule has 2 rings (SSSR count). The first-order valence-electron chi connectivity index (χ1n) is 15.0. The maximum absolute atomic E-state index is 14.9. The average Bonchev–Trinajstić information content (AvgIpc) is 3.46. The number of terminal acetylenes is 1. The molecule has 41 heavy (non-hydrogen) atoms. The highest BCUT2D eigenvalue weighted by Gasteiger charge is 2.25. The van der Waals surface area contributed by atoms with E-state index in [-0.39, 0.29) is 0 Å². The van der Waals surface area contributed by atoms with Crippen LogP contribution in [-0.4, -0.2) is 22.9 Å². The molecule has 1 heterocycles. The lowest BCUT2D eigenvalue weighted by Gasteiger charge is -2.21. The van der Waals surface area contributed by atoms with Crippen molar-refractivity contribution in [1.82, 2.24) is 4.98 Å². The second kappa shape index (κ2) is 19.8. The molecule has 224 valence electrons. The molecule has 0 bridgehead atoms. The molecular formula is C38H55FN2. The number of pyridine rings is 1. The molecule has 3 heteroatoms. The van der Waals surface area contributed by atoms with Crippen LogP contribution in [0.2, 0.25) is 0 Å². The third-order valence-corrected chi connectivity index (χ3v) is 6.64. The van der Waals surface area contributed by atoms with Gasteiger partial charge in [-0.15, -0.1) is 12.8 Å². The van der Waals surface area contributed by atoms with E-state index in [4.69, 9.17) is 0 Å². The summed E-state index contributed by atoms with van der Waals surface area (Å²) in [5, 5.41) is 0. The van der Waals surface area contributed by atoms with Crippen LogP contribution >= 0.6 is 0 Å². The molecule has 1 aliphatic carbocycles. The van der Waals surface area contributed by atoms with E-state index >= 15 is 0 Å². The van der Waals surface area contributed by atoms with Crippen molar-refractivity contribution >= 4 is 11.3 Å². The molecule has 1 aromatic heterocycles. The number of aromatic nitrogens is 1. The third-order valence-electron chi connectivity index (χ3n) is 6.64. The van der Waals surface area contributed by atoms with E-state index in [2.05, 4.69) is 113 Å². The van der Waals surface area contributed by atoms with Crippen LogP contribution in [0.5, 0.6) is 0 Å². The Morgan fingerprint density at radius 1 is 1.17 bits per heavy atom. The Morgan fingerprint density at radius 3 is 2.32 bits per heavy atom. The Bertz CT molecular complexity index is 1180. The Labute approximate surface area is 252 Å². The molecule has 0 spiro atoms. The van der Waals surface area contributed by atoms with Crippen LogP contribution in [0.1, 0.15) is 104 Å². The average molecular weight is 559 g/mol. The number of halogens is 1.